The molecule has 1 N–H and O–H groups in total. The van der Waals surface area contributed by atoms with Crippen molar-refractivity contribution in [3.63, 3.8) is 0 Å². The Morgan fingerprint density at radius 3 is 2.31 bits per heavy atom. The average molecular weight is 198 g/mol. The van der Waals surface area contributed by atoms with E-state index in [4.69, 9.17) is 16.8 Å². The summed E-state index contributed by atoms with van der Waals surface area (Å²) in [4.78, 5) is 10.9. The normalized spacial score (nSPS) is 11.4. The Morgan fingerprint density at radius 1 is 1.38 bits per heavy atom. The predicted molar refractivity (Wildman–Crippen MR) is 50.5 cm³/mol. The number of carbonyl (C=O) groups is 1. The molecule has 13 heavy (non-hydrogen) atoms. The van der Waals surface area contributed by atoms with Gasteiger partial charge in [-0.1, -0.05) is 28.9 Å². The number of halogens is 1. The van der Waals surface area contributed by atoms with Crippen LogP contribution in [-0.2, 0) is 4.79 Å². The molecule has 0 radical (unpaired) electrons. The van der Waals surface area contributed by atoms with Crippen LogP contribution < -0.4 is 0 Å². The first kappa shape index (κ1) is 9.74. The lowest BCUT2D eigenvalue weighted by molar-refractivity contribution is -0.111. The fraction of sp³-hybridized carbons (Fsp3) is 0.111. The molecular formula is C9H8ClNO2. The highest BCUT2D eigenvalue weighted by Crippen LogP contribution is 2.10. The first-order chi connectivity index (χ1) is 6.15. The van der Waals surface area contributed by atoms with Gasteiger partial charge in [0.05, 0.1) is 0 Å². The number of carbonyl (C=O) groups excluding carboxylic acids is 1. The van der Waals surface area contributed by atoms with Crippen molar-refractivity contribution in [3.05, 3.63) is 34.9 Å². The Labute approximate surface area is 80.6 Å². The number of hydrogen-bond acceptors (Lipinski definition) is 3. The number of Topliss-reactive ketones (excluding diaryl/α,β-unsaturated/α-hetero) is 1. The molecule has 1 aromatic rings. The zero-order valence-corrected chi connectivity index (χ0v) is 7.75. The van der Waals surface area contributed by atoms with E-state index in [1.54, 1.807) is 24.3 Å². The topological polar surface area (TPSA) is 49.7 Å². The largest absolute Gasteiger partial charge is 0.410 e. The van der Waals surface area contributed by atoms with Crippen molar-refractivity contribution in [2.45, 2.75) is 6.92 Å². The molecule has 0 aliphatic heterocycles. The van der Waals surface area contributed by atoms with E-state index < -0.39 is 0 Å². The summed E-state index contributed by atoms with van der Waals surface area (Å²) in [6.45, 7) is 1.34. The van der Waals surface area contributed by atoms with Gasteiger partial charge in [0.2, 0.25) is 0 Å². The number of rotatable bonds is 2. The highest BCUT2D eigenvalue weighted by Gasteiger charge is 2.08. The number of nitrogens with zero attached hydrogens (tertiary/aromatic N) is 1. The summed E-state index contributed by atoms with van der Waals surface area (Å²) in [5.74, 6) is -0.287. The van der Waals surface area contributed by atoms with Crippen molar-refractivity contribution < 1.29 is 10.0 Å². The second-order valence-corrected chi connectivity index (χ2v) is 2.95. The van der Waals surface area contributed by atoms with Gasteiger partial charge in [0.25, 0.3) is 0 Å². The van der Waals surface area contributed by atoms with Gasteiger partial charge in [-0.25, -0.2) is 0 Å². The van der Waals surface area contributed by atoms with Gasteiger partial charge in [0, 0.05) is 17.5 Å². The lowest BCUT2D eigenvalue weighted by Gasteiger charge is -1.99. The van der Waals surface area contributed by atoms with Crippen LogP contribution in [0, 0.1) is 0 Å². The molecule has 0 unspecified atom stereocenters. The van der Waals surface area contributed by atoms with Crippen molar-refractivity contribution in [2.75, 3.05) is 0 Å². The second kappa shape index (κ2) is 4.05. The molecule has 0 aliphatic carbocycles. The monoisotopic (exact) mass is 197 g/mol. The van der Waals surface area contributed by atoms with Crippen LogP contribution in [0.4, 0.5) is 0 Å². The minimum absolute atomic E-state index is 0.0386. The van der Waals surface area contributed by atoms with E-state index >= 15 is 0 Å². The molecule has 0 fully saturated rings. The average Bonchev–Trinajstić information content (AvgIpc) is 2.09. The highest BCUT2D eigenvalue weighted by molar-refractivity contribution is 6.45. The van der Waals surface area contributed by atoms with Gasteiger partial charge in [-0.05, 0) is 12.1 Å². The summed E-state index contributed by atoms with van der Waals surface area (Å²) in [6, 6.07) is 6.51. The zero-order chi connectivity index (χ0) is 9.84. The van der Waals surface area contributed by atoms with Crippen molar-refractivity contribution in [1.29, 1.82) is 0 Å². The highest BCUT2D eigenvalue weighted by atomic mass is 35.5. The van der Waals surface area contributed by atoms with Crippen molar-refractivity contribution in [1.82, 2.24) is 0 Å². The fourth-order valence-electron chi connectivity index (χ4n) is 0.939. The van der Waals surface area contributed by atoms with Gasteiger partial charge < -0.3 is 5.21 Å². The summed E-state index contributed by atoms with van der Waals surface area (Å²) >= 11 is 5.65. The summed E-state index contributed by atoms with van der Waals surface area (Å²) in [5, 5.41) is 12.0. The lowest BCUT2D eigenvalue weighted by Crippen LogP contribution is -2.11. The first-order valence-electron chi connectivity index (χ1n) is 3.64. The minimum atomic E-state index is -0.287. The SMILES string of the molecule is CC(=O)C(=NO)c1ccc(Cl)cc1. The Morgan fingerprint density at radius 2 is 1.92 bits per heavy atom. The van der Waals surface area contributed by atoms with E-state index in [-0.39, 0.29) is 11.5 Å². The van der Waals surface area contributed by atoms with Crippen LogP contribution in [0.2, 0.25) is 5.02 Å². The third kappa shape index (κ3) is 2.29. The molecule has 0 spiro atoms. The third-order valence-corrected chi connectivity index (χ3v) is 1.80. The molecule has 0 aromatic heterocycles. The summed E-state index contributed by atoms with van der Waals surface area (Å²) < 4.78 is 0. The second-order valence-electron chi connectivity index (χ2n) is 2.51. The number of hydrogen-bond donors (Lipinski definition) is 1. The Bertz CT molecular complexity index is 343. The van der Waals surface area contributed by atoms with Crippen LogP contribution in [0.1, 0.15) is 12.5 Å². The van der Waals surface area contributed by atoms with E-state index in [2.05, 4.69) is 5.16 Å². The van der Waals surface area contributed by atoms with E-state index in [0.717, 1.165) is 0 Å². The molecular weight excluding hydrogens is 190 g/mol. The third-order valence-electron chi connectivity index (χ3n) is 1.55. The zero-order valence-electron chi connectivity index (χ0n) is 6.99. The summed E-state index contributed by atoms with van der Waals surface area (Å²) in [6.07, 6.45) is 0. The van der Waals surface area contributed by atoms with Crippen molar-refractivity contribution in [3.8, 4) is 0 Å². The maximum absolute atomic E-state index is 10.9. The van der Waals surface area contributed by atoms with Gasteiger partial charge >= 0.3 is 0 Å². The smallest absolute Gasteiger partial charge is 0.182 e. The maximum atomic E-state index is 10.9. The molecule has 3 nitrogen and oxygen atoms in total. The molecule has 0 atom stereocenters. The van der Waals surface area contributed by atoms with E-state index in [1.165, 1.54) is 6.92 Å². The first-order valence-corrected chi connectivity index (χ1v) is 4.02. The fourth-order valence-corrected chi connectivity index (χ4v) is 1.07. The van der Waals surface area contributed by atoms with Crippen LogP contribution in [0.25, 0.3) is 0 Å². The van der Waals surface area contributed by atoms with Crippen LogP contribution in [-0.4, -0.2) is 16.7 Å². The number of benzene rings is 1. The van der Waals surface area contributed by atoms with Gasteiger partial charge in [-0.2, -0.15) is 0 Å². The van der Waals surface area contributed by atoms with E-state index in [9.17, 15) is 4.79 Å². The number of oxime groups is 1. The van der Waals surface area contributed by atoms with Crippen molar-refractivity contribution in [2.24, 2.45) is 5.16 Å². The quantitative estimate of drug-likeness (QED) is 0.449. The molecule has 0 aliphatic rings. The molecule has 1 aromatic carbocycles. The summed E-state index contributed by atoms with van der Waals surface area (Å²) in [7, 11) is 0. The molecule has 0 heterocycles. The standard InChI is InChI=1S/C9H8ClNO2/c1-6(12)9(11-13)7-2-4-8(10)5-3-7/h2-5,13H,1H3. The van der Waals surface area contributed by atoms with E-state index in [0.29, 0.717) is 10.6 Å². The Hall–Kier alpha value is -1.35. The molecule has 0 saturated heterocycles. The molecule has 1 rings (SSSR count). The molecule has 0 amide bonds. The molecule has 68 valence electrons. The van der Waals surface area contributed by atoms with Crippen LogP contribution in [0.3, 0.4) is 0 Å². The summed E-state index contributed by atoms with van der Waals surface area (Å²) in [5.41, 5.74) is 0.594. The molecule has 0 bridgehead atoms. The van der Waals surface area contributed by atoms with Crippen LogP contribution >= 0.6 is 11.6 Å². The van der Waals surface area contributed by atoms with Gasteiger partial charge in [0.1, 0.15) is 0 Å². The lowest BCUT2D eigenvalue weighted by atomic mass is 10.1. The Balaban J connectivity index is 3.07. The van der Waals surface area contributed by atoms with Gasteiger partial charge in [-0.3, -0.25) is 4.79 Å². The van der Waals surface area contributed by atoms with E-state index in [1.807, 2.05) is 0 Å². The number of ketones is 1. The Kier molecular flexibility index (Phi) is 3.03. The minimum Gasteiger partial charge on any atom is -0.410 e. The van der Waals surface area contributed by atoms with Crippen molar-refractivity contribution >= 4 is 23.1 Å². The van der Waals surface area contributed by atoms with Gasteiger partial charge in [-0.15, -0.1) is 0 Å². The predicted octanol–water partition coefficient (Wildman–Crippen LogP) is 2.11. The van der Waals surface area contributed by atoms with Crippen LogP contribution in [0.5, 0.6) is 0 Å². The molecule has 0 saturated carbocycles. The molecule has 4 heteroatoms. The maximum Gasteiger partial charge on any atom is 0.182 e. The van der Waals surface area contributed by atoms with Crippen LogP contribution in [0.15, 0.2) is 29.4 Å². The van der Waals surface area contributed by atoms with Gasteiger partial charge in [0.15, 0.2) is 11.5 Å².